The fourth-order valence-corrected chi connectivity index (χ4v) is 5.76. The van der Waals surface area contributed by atoms with Gasteiger partial charge in [0.15, 0.2) is 0 Å². The second kappa shape index (κ2) is 7.96. The molecule has 3 aliphatic rings. The van der Waals surface area contributed by atoms with Crippen molar-refractivity contribution in [1.29, 1.82) is 0 Å². The average molecular weight is 424 g/mol. The van der Waals surface area contributed by atoms with Crippen LogP contribution in [0, 0.1) is 11.8 Å². The molecule has 3 saturated heterocycles. The number of nitrogens with zero attached hydrogens (tertiary/aromatic N) is 3. The lowest BCUT2D eigenvalue weighted by molar-refractivity contribution is -0.144. The summed E-state index contributed by atoms with van der Waals surface area (Å²) in [6.45, 7) is 3.26. The molecular weight excluding hydrogens is 398 g/mol. The van der Waals surface area contributed by atoms with Crippen molar-refractivity contribution in [2.75, 3.05) is 26.2 Å². The zero-order valence-corrected chi connectivity index (χ0v) is 17.6. The van der Waals surface area contributed by atoms with E-state index in [2.05, 4.69) is 17.0 Å². The molecule has 2 aromatic rings. The Hall–Kier alpha value is -2.51. The Morgan fingerprint density at radius 1 is 0.933 bits per heavy atom. The van der Waals surface area contributed by atoms with Crippen LogP contribution in [0.15, 0.2) is 47.8 Å². The maximum atomic E-state index is 13.1. The van der Waals surface area contributed by atoms with E-state index >= 15 is 0 Å². The van der Waals surface area contributed by atoms with Crippen LogP contribution in [0.1, 0.15) is 28.1 Å². The first kappa shape index (κ1) is 19.5. The molecule has 0 bridgehead atoms. The van der Waals surface area contributed by atoms with Crippen LogP contribution >= 0.6 is 11.3 Å². The Morgan fingerprint density at radius 2 is 1.60 bits per heavy atom. The standard InChI is InChI=1S/C23H25N3O3S/c27-21-18-14-24(13-16-5-2-1-3-6-16)15-19(18)22(28)26(21)17-8-10-25(11-9-17)23(29)20-7-4-12-30-20/h1-7,12,17-19H,8-11,13-15H2/t18-,19+. The van der Waals surface area contributed by atoms with Crippen molar-refractivity contribution in [3.8, 4) is 0 Å². The zero-order valence-electron chi connectivity index (χ0n) is 16.8. The molecule has 3 fully saturated rings. The number of likely N-dealkylation sites (tertiary alicyclic amines) is 3. The second-order valence-electron chi connectivity index (χ2n) is 8.44. The van der Waals surface area contributed by atoms with Crippen LogP contribution in [-0.4, -0.2) is 64.6 Å². The first-order valence-electron chi connectivity index (χ1n) is 10.6. The predicted molar refractivity (Wildman–Crippen MR) is 114 cm³/mol. The summed E-state index contributed by atoms with van der Waals surface area (Å²) in [7, 11) is 0. The van der Waals surface area contributed by atoms with E-state index in [1.54, 1.807) is 4.90 Å². The summed E-state index contributed by atoms with van der Waals surface area (Å²) >= 11 is 1.45. The molecule has 1 aromatic carbocycles. The molecule has 0 aliphatic carbocycles. The van der Waals surface area contributed by atoms with Gasteiger partial charge in [-0.3, -0.25) is 24.2 Å². The summed E-state index contributed by atoms with van der Waals surface area (Å²) in [6, 6.07) is 13.8. The van der Waals surface area contributed by atoms with Gasteiger partial charge in [0.05, 0.1) is 16.7 Å². The molecule has 0 spiro atoms. The SMILES string of the molecule is O=C(c1cccs1)N1CCC(N2C(=O)[C@H]3CN(Cc4ccccc4)C[C@H]3C2=O)CC1. The van der Waals surface area contributed by atoms with Gasteiger partial charge in [-0.05, 0) is 29.9 Å². The number of rotatable bonds is 4. The van der Waals surface area contributed by atoms with Crippen LogP contribution < -0.4 is 0 Å². The van der Waals surface area contributed by atoms with E-state index in [0.717, 1.165) is 11.4 Å². The Labute approximate surface area is 180 Å². The zero-order chi connectivity index (χ0) is 20.7. The van der Waals surface area contributed by atoms with Gasteiger partial charge in [-0.25, -0.2) is 0 Å². The lowest BCUT2D eigenvalue weighted by Crippen LogP contribution is -2.49. The van der Waals surface area contributed by atoms with E-state index in [-0.39, 0.29) is 35.6 Å². The Balaban J connectivity index is 1.19. The van der Waals surface area contributed by atoms with Crippen LogP contribution in [-0.2, 0) is 16.1 Å². The first-order valence-corrected chi connectivity index (χ1v) is 11.5. The van der Waals surface area contributed by atoms with Crippen molar-refractivity contribution in [2.24, 2.45) is 11.8 Å². The molecule has 3 amide bonds. The van der Waals surface area contributed by atoms with E-state index in [0.29, 0.717) is 39.0 Å². The largest absolute Gasteiger partial charge is 0.338 e. The third-order valence-electron chi connectivity index (χ3n) is 6.60. The number of piperidine rings is 1. The van der Waals surface area contributed by atoms with Crippen LogP contribution in [0.25, 0.3) is 0 Å². The highest BCUT2D eigenvalue weighted by Crippen LogP contribution is 2.37. The number of carbonyl (C=O) groups is 3. The van der Waals surface area contributed by atoms with Crippen LogP contribution in [0.4, 0.5) is 0 Å². The molecule has 4 heterocycles. The van der Waals surface area contributed by atoms with Gasteiger partial charge in [-0.2, -0.15) is 0 Å². The molecule has 0 saturated carbocycles. The third-order valence-corrected chi connectivity index (χ3v) is 7.46. The number of fused-ring (bicyclic) bond motifs is 1. The van der Waals surface area contributed by atoms with Crippen molar-refractivity contribution in [3.05, 3.63) is 58.3 Å². The number of benzene rings is 1. The summed E-state index contributed by atoms with van der Waals surface area (Å²) in [5.41, 5.74) is 1.21. The minimum atomic E-state index is -0.216. The molecule has 1 aromatic heterocycles. The molecule has 7 heteroatoms. The number of hydrogen-bond acceptors (Lipinski definition) is 5. The molecule has 5 rings (SSSR count). The highest BCUT2D eigenvalue weighted by atomic mass is 32.1. The number of hydrogen-bond donors (Lipinski definition) is 0. The molecule has 30 heavy (non-hydrogen) atoms. The topological polar surface area (TPSA) is 60.9 Å². The van der Waals surface area contributed by atoms with Gasteiger partial charge in [0.25, 0.3) is 5.91 Å². The molecule has 2 atom stereocenters. The molecular formula is C23H25N3O3S. The van der Waals surface area contributed by atoms with Crippen LogP contribution in [0.5, 0.6) is 0 Å². The highest BCUT2D eigenvalue weighted by Gasteiger charge is 2.54. The van der Waals surface area contributed by atoms with E-state index in [1.807, 2.05) is 40.6 Å². The Kier molecular flexibility index (Phi) is 5.16. The molecule has 0 unspecified atom stereocenters. The van der Waals surface area contributed by atoms with Crippen molar-refractivity contribution in [1.82, 2.24) is 14.7 Å². The van der Waals surface area contributed by atoms with Gasteiger partial charge in [-0.1, -0.05) is 36.4 Å². The molecule has 3 aliphatic heterocycles. The van der Waals surface area contributed by atoms with Gasteiger partial charge in [-0.15, -0.1) is 11.3 Å². The van der Waals surface area contributed by atoms with Gasteiger partial charge >= 0.3 is 0 Å². The minimum Gasteiger partial charge on any atom is -0.338 e. The van der Waals surface area contributed by atoms with E-state index < -0.39 is 0 Å². The maximum Gasteiger partial charge on any atom is 0.263 e. The Bertz CT molecular complexity index is 914. The summed E-state index contributed by atoms with van der Waals surface area (Å²) in [5.74, 6) is -0.401. The third kappa shape index (κ3) is 3.46. The fraction of sp³-hybridized carbons (Fsp3) is 0.435. The Morgan fingerprint density at radius 3 is 2.20 bits per heavy atom. The van der Waals surface area contributed by atoms with Crippen LogP contribution in [0.3, 0.4) is 0 Å². The number of imide groups is 1. The summed E-state index contributed by atoms with van der Waals surface area (Å²) in [6.07, 6.45) is 1.34. The molecule has 0 radical (unpaired) electrons. The first-order chi connectivity index (χ1) is 14.6. The maximum absolute atomic E-state index is 13.1. The summed E-state index contributed by atoms with van der Waals surface area (Å²) < 4.78 is 0. The van der Waals surface area contributed by atoms with Gasteiger partial charge in [0, 0.05) is 38.8 Å². The summed E-state index contributed by atoms with van der Waals surface area (Å²) in [4.78, 5) is 45.1. The number of thiophene rings is 1. The van der Waals surface area contributed by atoms with E-state index in [9.17, 15) is 14.4 Å². The second-order valence-corrected chi connectivity index (χ2v) is 9.39. The molecule has 0 N–H and O–H groups in total. The van der Waals surface area contributed by atoms with Crippen molar-refractivity contribution < 1.29 is 14.4 Å². The molecule has 156 valence electrons. The fourth-order valence-electron chi connectivity index (χ4n) is 5.07. The lowest BCUT2D eigenvalue weighted by Gasteiger charge is -2.36. The van der Waals surface area contributed by atoms with Gasteiger partial charge in [0.1, 0.15) is 0 Å². The van der Waals surface area contributed by atoms with Crippen molar-refractivity contribution >= 4 is 29.1 Å². The smallest absolute Gasteiger partial charge is 0.263 e. The van der Waals surface area contributed by atoms with Gasteiger partial charge < -0.3 is 4.90 Å². The monoisotopic (exact) mass is 423 g/mol. The predicted octanol–water partition coefficient (Wildman–Crippen LogP) is 2.47. The minimum absolute atomic E-state index is 0.0106. The summed E-state index contributed by atoms with van der Waals surface area (Å²) in [5, 5.41) is 1.90. The van der Waals surface area contributed by atoms with Crippen molar-refractivity contribution in [2.45, 2.75) is 25.4 Å². The van der Waals surface area contributed by atoms with Crippen LogP contribution in [0.2, 0.25) is 0 Å². The number of carbonyl (C=O) groups excluding carboxylic acids is 3. The number of amides is 3. The molecule has 6 nitrogen and oxygen atoms in total. The van der Waals surface area contributed by atoms with E-state index in [4.69, 9.17) is 0 Å². The van der Waals surface area contributed by atoms with Crippen molar-refractivity contribution in [3.63, 3.8) is 0 Å². The highest BCUT2D eigenvalue weighted by molar-refractivity contribution is 7.12. The van der Waals surface area contributed by atoms with Gasteiger partial charge in [0.2, 0.25) is 11.8 Å². The normalized spacial score (nSPS) is 25.2. The van der Waals surface area contributed by atoms with E-state index in [1.165, 1.54) is 16.9 Å². The average Bonchev–Trinajstić information content (AvgIpc) is 3.49. The lowest BCUT2D eigenvalue weighted by atomic mass is 10.00. The quantitative estimate of drug-likeness (QED) is 0.709.